The van der Waals surface area contributed by atoms with Gasteiger partial charge in [-0.05, 0) is 49.1 Å². The first-order valence-corrected chi connectivity index (χ1v) is 12.5. The van der Waals surface area contributed by atoms with E-state index < -0.39 is 5.54 Å². The molecule has 3 aliphatic rings. The van der Waals surface area contributed by atoms with Crippen LogP contribution in [-0.4, -0.2) is 79.4 Å². The van der Waals surface area contributed by atoms with E-state index in [-0.39, 0.29) is 30.4 Å². The number of piperidine rings is 1. The highest BCUT2D eigenvalue weighted by atomic mass is 19.1. The SMILES string of the molecule is COC(=O)N1CCC2(CC1)CN(c1ccc(C3CNNC3)c(OC)n1)C(=O)N2Cc1cccc(F)c1C. The first-order chi connectivity index (χ1) is 17.9. The van der Waals surface area contributed by atoms with Crippen molar-refractivity contribution in [2.45, 2.75) is 37.8 Å². The highest BCUT2D eigenvalue weighted by Gasteiger charge is 2.52. The average Bonchev–Trinajstić information content (AvgIpc) is 3.54. The minimum atomic E-state index is -0.534. The second-order valence-electron chi connectivity index (χ2n) is 9.89. The van der Waals surface area contributed by atoms with Crippen LogP contribution in [0.2, 0.25) is 0 Å². The van der Waals surface area contributed by atoms with E-state index in [2.05, 4.69) is 10.9 Å². The lowest BCUT2D eigenvalue weighted by atomic mass is 9.86. The molecule has 4 heterocycles. The smallest absolute Gasteiger partial charge is 0.409 e. The standard InChI is InChI=1S/C26H33FN6O4/c1-17-18(5-4-6-21(17)27)15-33-24(34)32(16-26(33)9-11-31(12-10-26)25(35)37-3)22-8-7-20(23(30-22)36-2)19-13-28-29-14-19/h4-8,19,28-29H,9-16H2,1-3H3. The van der Waals surface area contributed by atoms with Gasteiger partial charge in [-0.15, -0.1) is 0 Å². The molecule has 37 heavy (non-hydrogen) atoms. The molecule has 1 aromatic heterocycles. The van der Waals surface area contributed by atoms with Gasteiger partial charge >= 0.3 is 12.1 Å². The van der Waals surface area contributed by atoms with Crippen molar-refractivity contribution in [3.63, 3.8) is 0 Å². The number of hydrogen-bond acceptors (Lipinski definition) is 7. The van der Waals surface area contributed by atoms with Crippen molar-refractivity contribution in [3.8, 4) is 5.88 Å². The first kappa shape index (κ1) is 25.2. The third-order valence-corrected chi connectivity index (χ3v) is 7.93. The van der Waals surface area contributed by atoms with E-state index >= 15 is 0 Å². The topological polar surface area (TPSA) is 99.3 Å². The van der Waals surface area contributed by atoms with Gasteiger partial charge in [0.25, 0.3) is 0 Å². The van der Waals surface area contributed by atoms with Gasteiger partial charge in [-0.3, -0.25) is 15.8 Å². The van der Waals surface area contributed by atoms with Crippen LogP contribution >= 0.6 is 0 Å². The predicted octanol–water partition coefficient (Wildman–Crippen LogP) is 2.77. The predicted molar refractivity (Wildman–Crippen MR) is 135 cm³/mol. The maximum Gasteiger partial charge on any atom is 0.409 e. The zero-order chi connectivity index (χ0) is 26.2. The molecule has 198 valence electrons. The first-order valence-electron chi connectivity index (χ1n) is 12.5. The molecule has 0 unspecified atom stereocenters. The molecule has 0 radical (unpaired) electrons. The normalized spacial score (nSPS) is 19.7. The Hall–Kier alpha value is -3.44. The van der Waals surface area contributed by atoms with E-state index in [1.165, 1.54) is 13.2 Å². The number of methoxy groups -OCH3 is 2. The van der Waals surface area contributed by atoms with Crippen molar-refractivity contribution in [1.29, 1.82) is 0 Å². The Morgan fingerprint density at radius 3 is 2.57 bits per heavy atom. The fraction of sp³-hybridized carbons (Fsp3) is 0.500. The number of amides is 3. The lowest BCUT2D eigenvalue weighted by Gasteiger charge is -2.43. The van der Waals surface area contributed by atoms with Gasteiger partial charge in [-0.25, -0.2) is 14.0 Å². The molecule has 0 saturated carbocycles. The number of anilines is 1. The molecular formula is C26H33FN6O4. The molecule has 11 heteroatoms. The molecule has 3 aliphatic heterocycles. The van der Waals surface area contributed by atoms with E-state index in [0.717, 1.165) is 24.2 Å². The monoisotopic (exact) mass is 512 g/mol. The summed E-state index contributed by atoms with van der Waals surface area (Å²) in [6.45, 7) is 4.87. The number of benzene rings is 1. The molecule has 5 rings (SSSR count). The van der Waals surface area contributed by atoms with Crippen molar-refractivity contribution in [2.24, 2.45) is 0 Å². The van der Waals surface area contributed by atoms with Crippen LogP contribution in [0.25, 0.3) is 0 Å². The average molecular weight is 513 g/mol. The second-order valence-corrected chi connectivity index (χ2v) is 9.89. The molecule has 0 aliphatic carbocycles. The Kier molecular flexibility index (Phi) is 6.91. The van der Waals surface area contributed by atoms with Gasteiger partial charge in [0.15, 0.2) is 0 Å². The molecular weight excluding hydrogens is 479 g/mol. The molecule has 2 N–H and O–H groups in total. The molecule has 2 aromatic rings. The number of nitrogens with one attached hydrogen (secondary N) is 2. The Morgan fingerprint density at radius 1 is 1.16 bits per heavy atom. The third kappa shape index (κ3) is 4.57. The molecule has 0 bridgehead atoms. The lowest BCUT2D eigenvalue weighted by Crippen LogP contribution is -2.55. The number of hydrogen-bond donors (Lipinski definition) is 2. The molecule has 10 nitrogen and oxygen atoms in total. The number of nitrogens with zero attached hydrogens (tertiary/aromatic N) is 4. The number of aromatic nitrogens is 1. The molecule has 3 saturated heterocycles. The van der Waals surface area contributed by atoms with Crippen LogP contribution in [0.3, 0.4) is 0 Å². The summed E-state index contributed by atoms with van der Waals surface area (Å²) in [4.78, 5) is 36.0. The second kappa shape index (κ2) is 10.1. The summed E-state index contributed by atoms with van der Waals surface area (Å²) in [6.07, 6.45) is 0.780. The largest absolute Gasteiger partial charge is 0.481 e. The Labute approximate surface area is 215 Å². The van der Waals surface area contributed by atoms with Crippen LogP contribution in [0.5, 0.6) is 5.88 Å². The Balaban J connectivity index is 1.47. The van der Waals surface area contributed by atoms with Crippen molar-refractivity contribution in [2.75, 3.05) is 51.8 Å². The quantitative estimate of drug-likeness (QED) is 0.636. The van der Waals surface area contributed by atoms with Crippen LogP contribution in [0, 0.1) is 12.7 Å². The van der Waals surface area contributed by atoms with Gasteiger partial charge < -0.3 is 19.3 Å². The van der Waals surface area contributed by atoms with Crippen LogP contribution in [0.1, 0.15) is 35.4 Å². The summed E-state index contributed by atoms with van der Waals surface area (Å²) >= 11 is 0. The molecule has 3 amide bonds. The number of carbonyl (C=O) groups excluding carboxylic acids is 2. The molecule has 1 spiro atoms. The summed E-state index contributed by atoms with van der Waals surface area (Å²) in [5.74, 6) is 0.924. The highest BCUT2D eigenvalue weighted by molar-refractivity contribution is 5.94. The number of urea groups is 1. The van der Waals surface area contributed by atoms with Crippen molar-refractivity contribution < 1.29 is 23.5 Å². The van der Waals surface area contributed by atoms with E-state index in [9.17, 15) is 14.0 Å². The number of hydrazine groups is 1. The van der Waals surface area contributed by atoms with Gasteiger partial charge in [0.1, 0.15) is 11.6 Å². The van der Waals surface area contributed by atoms with E-state index in [4.69, 9.17) is 14.5 Å². The maximum absolute atomic E-state index is 14.3. The fourth-order valence-corrected chi connectivity index (χ4v) is 5.62. The minimum Gasteiger partial charge on any atom is -0.481 e. The highest BCUT2D eigenvalue weighted by Crippen LogP contribution is 2.40. The zero-order valence-corrected chi connectivity index (χ0v) is 21.4. The lowest BCUT2D eigenvalue weighted by molar-refractivity contribution is 0.0615. The number of ether oxygens (including phenoxy) is 2. The summed E-state index contributed by atoms with van der Waals surface area (Å²) < 4.78 is 24.9. The van der Waals surface area contributed by atoms with Crippen LogP contribution in [-0.2, 0) is 11.3 Å². The third-order valence-electron chi connectivity index (χ3n) is 7.93. The summed E-state index contributed by atoms with van der Waals surface area (Å²) in [6, 6.07) is 8.59. The van der Waals surface area contributed by atoms with E-state index in [1.54, 1.807) is 29.9 Å². The number of halogens is 1. The maximum atomic E-state index is 14.3. The zero-order valence-electron chi connectivity index (χ0n) is 21.4. The molecule has 3 fully saturated rings. The van der Waals surface area contributed by atoms with Gasteiger partial charge in [0.05, 0.1) is 26.3 Å². The summed E-state index contributed by atoms with van der Waals surface area (Å²) in [7, 11) is 2.95. The van der Waals surface area contributed by atoms with Crippen molar-refractivity contribution in [3.05, 3.63) is 52.8 Å². The number of carbonyl (C=O) groups is 2. The van der Waals surface area contributed by atoms with E-state index in [1.807, 2.05) is 23.1 Å². The number of likely N-dealkylation sites (tertiary alicyclic amines) is 1. The van der Waals surface area contributed by atoms with Gasteiger partial charge in [0.2, 0.25) is 5.88 Å². The number of pyridine rings is 1. The number of rotatable bonds is 5. The van der Waals surface area contributed by atoms with Gasteiger partial charge in [-0.2, -0.15) is 4.98 Å². The minimum absolute atomic E-state index is 0.193. The fourth-order valence-electron chi connectivity index (χ4n) is 5.62. The summed E-state index contributed by atoms with van der Waals surface area (Å²) in [5, 5.41) is 0. The molecule has 1 aromatic carbocycles. The molecule has 0 atom stereocenters. The van der Waals surface area contributed by atoms with Crippen LogP contribution in [0.4, 0.5) is 19.8 Å². The van der Waals surface area contributed by atoms with Crippen LogP contribution < -0.4 is 20.5 Å². The summed E-state index contributed by atoms with van der Waals surface area (Å²) in [5.41, 5.74) is 7.97. The van der Waals surface area contributed by atoms with Crippen LogP contribution in [0.15, 0.2) is 30.3 Å². The van der Waals surface area contributed by atoms with Crippen molar-refractivity contribution in [1.82, 2.24) is 25.6 Å². The van der Waals surface area contributed by atoms with Gasteiger partial charge in [0, 0.05) is 44.2 Å². The van der Waals surface area contributed by atoms with Crippen molar-refractivity contribution >= 4 is 17.9 Å². The Bertz CT molecular complexity index is 1180. The van der Waals surface area contributed by atoms with E-state index in [0.29, 0.717) is 49.7 Å². The van der Waals surface area contributed by atoms with Gasteiger partial charge in [-0.1, -0.05) is 12.1 Å². The Morgan fingerprint density at radius 2 is 1.89 bits per heavy atom.